The van der Waals surface area contributed by atoms with Gasteiger partial charge in [-0.1, -0.05) is 13.0 Å². The van der Waals surface area contributed by atoms with Crippen molar-refractivity contribution < 1.29 is 13.9 Å². The predicted molar refractivity (Wildman–Crippen MR) is 124 cm³/mol. The summed E-state index contributed by atoms with van der Waals surface area (Å²) in [5.74, 6) is -0.633. The van der Waals surface area contributed by atoms with E-state index in [1.54, 1.807) is 18.3 Å². The highest BCUT2D eigenvalue weighted by Crippen LogP contribution is 2.33. The monoisotopic (exact) mass is 450 g/mol. The number of nitrogens with zero attached hydrogens (tertiary/aromatic N) is 4. The van der Waals surface area contributed by atoms with Gasteiger partial charge in [0.2, 0.25) is 0 Å². The van der Waals surface area contributed by atoms with Crippen LogP contribution in [0.4, 0.5) is 10.2 Å². The molecule has 0 unspecified atom stereocenters. The summed E-state index contributed by atoms with van der Waals surface area (Å²) in [5.41, 5.74) is 9.24. The van der Waals surface area contributed by atoms with Crippen molar-refractivity contribution in [1.82, 2.24) is 25.2 Å². The van der Waals surface area contributed by atoms with E-state index in [1.165, 1.54) is 18.5 Å². The van der Waals surface area contributed by atoms with Crippen LogP contribution in [0, 0.1) is 5.82 Å². The largest absolute Gasteiger partial charge is 0.384 e. The number of morpholine rings is 1. The zero-order valence-corrected chi connectivity index (χ0v) is 18.6. The number of hydrogen-bond acceptors (Lipinski definition) is 7. The molecule has 0 radical (unpaired) electrons. The van der Waals surface area contributed by atoms with Gasteiger partial charge < -0.3 is 15.8 Å². The van der Waals surface area contributed by atoms with Gasteiger partial charge in [-0.25, -0.2) is 19.3 Å². The first-order valence-corrected chi connectivity index (χ1v) is 11.0. The van der Waals surface area contributed by atoms with Crippen LogP contribution in [0.3, 0.4) is 0 Å². The molecule has 0 bridgehead atoms. The number of halogens is 1. The second-order valence-electron chi connectivity index (χ2n) is 7.77. The van der Waals surface area contributed by atoms with Crippen molar-refractivity contribution in [1.29, 1.82) is 0 Å². The SMILES string of the molecule is CCc1ncnc(-c2ccc(C(=O)NCCN3CCOCC3)c(F)c2)c1-c1ccc(N)nc1. The molecule has 0 aliphatic carbocycles. The summed E-state index contributed by atoms with van der Waals surface area (Å²) in [6, 6.07) is 8.09. The van der Waals surface area contributed by atoms with Crippen LogP contribution in [0.5, 0.6) is 0 Å². The van der Waals surface area contributed by atoms with E-state index in [4.69, 9.17) is 10.5 Å². The molecule has 1 aliphatic heterocycles. The van der Waals surface area contributed by atoms with Crippen LogP contribution >= 0.6 is 0 Å². The normalized spacial score (nSPS) is 14.2. The fourth-order valence-electron chi connectivity index (χ4n) is 3.86. The number of rotatable bonds is 7. The van der Waals surface area contributed by atoms with Crippen molar-refractivity contribution in [2.24, 2.45) is 0 Å². The number of ether oxygens (including phenoxy) is 1. The van der Waals surface area contributed by atoms with Crippen LogP contribution < -0.4 is 11.1 Å². The van der Waals surface area contributed by atoms with Gasteiger partial charge in [0.15, 0.2) is 0 Å². The Morgan fingerprint density at radius 3 is 2.64 bits per heavy atom. The highest BCUT2D eigenvalue weighted by atomic mass is 19.1. The molecule has 9 heteroatoms. The highest BCUT2D eigenvalue weighted by Gasteiger charge is 2.18. The molecule has 1 aromatic carbocycles. The molecule has 2 aromatic heterocycles. The third-order valence-corrected chi connectivity index (χ3v) is 5.64. The van der Waals surface area contributed by atoms with E-state index >= 15 is 0 Å². The molecule has 3 heterocycles. The van der Waals surface area contributed by atoms with Gasteiger partial charge in [-0.2, -0.15) is 0 Å². The Balaban J connectivity index is 1.55. The van der Waals surface area contributed by atoms with E-state index in [2.05, 4.69) is 25.2 Å². The lowest BCUT2D eigenvalue weighted by atomic mass is 9.97. The third-order valence-electron chi connectivity index (χ3n) is 5.64. The Morgan fingerprint density at radius 1 is 1.15 bits per heavy atom. The molecule has 8 nitrogen and oxygen atoms in total. The lowest BCUT2D eigenvalue weighted by Crippen LogP contribution is -2.41. The average Bonchev–Trinajstić information content (AvgIpc) is 2.84. The number of aromatic nitrogens is 3. The molecule has 4 rings (SSSR count). The number of amides is 1. The second-order valence-corrected chi connectivity index (χ2v) is 7.77. The van der Waals surface area contributed by atoms with E-state index in [9.17, 15) is 9.18 Å². The fourth-order valence-corrected chi connectivity index (χ4v) is 3.86. The minimum Gasteiger partial charge on any atom is -0.384 e. The number of pyridine rings is 1. The van der Waals surface area contributed by atoms with E-state index in [-0.39, 0.29) is 5.56 Å². The molecule has 172 valence electrons. The van der Waals surface area contributed by atoms with Gasteiger partial charge >= 0.3 is 0 Å². The molecule has 0 saturated carbocycles. The van der Waals surface area contributed by atoms with Crippen molar-refractivity contribution in [3.8, 4) is 22.4 Å². The maximum atomic E-state index is 15.0. The molecular weight excluding hydrogens is 423 g/mol. The molecule has 1 fully saturated rings. The molecule has 0 spiro atoms. The summed E-state index contributed by atoms with van der Waals surface area (Å²) in [6.07, 6.45) is 3.79. The van der Waals surface area contributed by atoms with Crippen molar-refractivity contribution in [3.63, 3.8) is 0 Å². The first-order valence-electron chi connectivity index (χ1n) is 11.0. The number of carbonyl (C=O) groups excluding carboxylic acids is 1. The van der Waals surface area contributed by atoms with Gasteiger partial charge in [0.05, 0.1) is 30.2 Å². The number of hydrogen-bond donors (Lipinski definition) is 2. The van der Waals surface area contributed by atoms with Crippen molar-refractivity contribution in [3.05, 3.63) is 59.9 Å². The van der Waals surface area contributed by atoms with E-state index < -0.39 is 11.7 Å². The third kappa shape index (κ3) is 5.32. The highest BCUT2D eigenvalue weighted by molar-refractivity contribution is 5.95. The molecule has 1 amide bonds. The maximum absolute atomic E-state index is 15.0. The summed E-state index contributed by atoms with van der Waals surface area (Å²) in [7, 11) is 0. The molecule has 33 heavy (non-hydrogen) atoms. The van der Waals surface area contributed by atoms with Gasteiger partial charge in [-0.05, 0) is 30.7 Å². The number of benzene rings is 1. The summed E-state index contributed by atoms with van der Waals surface area (Å²) in [6.45, 7) is 6.20. The number of carbonyl (C=O) groups is 1. The first-order chi connectivity index (χ1) is 16.1. The van der Waals surface area contributed by atoms with Crippen LogP contribution in [0.15, 0.2) is 42.9 Å². The average molecular weight is 451 g/mol. The topological polar surface area (TPSA) is 106 Å². The number of nitrogens with two attached hydrogens (primary N) is 1. The van der Waals surface area contributed by atoms with Gasteiger partial charge in [-0.15, -0.1) is 0 Å². The predicted octanol–water partition coefficient (Wildman–Crippen LogP) is 2.55. The zero-order valence-electron chi connectivity index (χ0n) is 18.6. The van der Waals surface area contributed by atoms with Crippen LogP contribution in [-0.2, 0) is 11.2 Å². The van der Waals surface area contributed by atoms with E-state index in [1.807, 2.05) is 13.0 Å². The van der Waals surface area contributed by atoms with Gasteiger partial charge in [0, 0.05) is 49.1 Å². The standard InChI is InChI=1S/C24H27FN6O2/c1-2-20-22(17-4-6-21(26)28-14-17)23(30-15-29-20)16-3-5-18(19(25)13-16)24(32)27-7-8-31-9-11-33-12-10-31/h3-6,13-15H,2,7-12H2,1H3,(H2,26,28)(H,27,32). The smallest absolute Gasteiger partial charge is 0.254 e. The van der Waals surface area contributed by atoms with Gasteiger partial charge in [0.1, 0.15) is 18.0 Å². The lowest BCUT2D eigenvalue weighted by Gasteiger charge is -2.26. The Morgan fingerprint density at radius 2 is 1.94 bits per heavy atom. The quantitative estimate of drug-likeness (QED) is 0.570. The van der Waals surface area contributed by atoms with Crippen LogP contribution in [0.2, 0.25) is 0 Å². The maximum Gasteiger partial charge on any atom is 0.254 e. The van der Waals surface area contributed by atoms with E-state index in [0.29, 0.717) is 49.8 Å². The lowest BCUT2D eigenvalue weighted by molar-refractivity contribution is 0.0383. The van der Waals surface area contributed by atoms with Crippen LogP contribution in [0.1, 0.15) is 23.0 Å². The first kappa shape index (κ1) is 22.8. The van der Waals surface area contributed by atoms with Gasteiger partial charge in [0.25, 0.3) is 5.91 Å². The summed E-state index contributed by atoms with van der Waals surface area (Å²) in [5, 5.41) is 2.80. The molecule has 1 saturated heterocycles. The summed E-state index contributed by atoms with van der Waals surface area (Å²) >= 11 is 0. The Hall–Kier alpha value is -3.43. The molecule has 0 atom stereocenters. The number of nitrogen functional groups attached to an aromatic ring is 1. The Kier molecular flexibility index (Phi) is 7.21. The van der Waals surface area contributed by atoms with Crippen molar-refractivity contribution in [2.75, 3.05) is 45.1 Å². The van der Waals surface area contributed by atoms with E-state index in [0.717, 1.165) is 29.9 Å². The summed E-state index contributed by atoms with van der Waals surface area (Å²) < 4.78 is 20.3. The second kappa shape index (κ2) is 10.5. The Bertz CT molecular complexity index is 1120. The van der Waals surface area contributed by atoms with Crippen molar-refractivity contribution in [2.45, 2.75) is 13.3 Å². The number of aryl methyl sites for hydroxylation is 1. The molecule has 3 N–H and O–H groups in total. The summed E-state index contributed by atoms with van der Waals surface area (Å²) in [4.78, 5) is 27.7. The van der Waals surface area contributed by atoms with Crippen LogP contribution in [-0.4, -0.2) is 65.2 Å². The minimum atomic E-state index is -0.602. The fraction of sp³-hybridized carbons (Fsp3) is 0.333. The molecule has 1 aliphatic rings. The van der Waals surface area contributed by atoms with Crippen LogP contribution in [0.25, 0.3) is 22.4 Å². The number of anilines is 1. The van der Waals surface area contributed by atoms with Gasteiger partial charge in [-0.3, -0.25) is 9.69 Å². The van der Waals surface area contributed by atoms with Crippen molar-refractivity contribution >= 4 is 11.7 Å². The Labute approximate surface area is 192 Å². The zero-order chi connectivity index (χ0) is 23.2. The number of nitrogens with one attached hydrogen (secondary N) is 1. The molecular formula is C24H27FN6O2. The minimum absolute atomic E-state index is 0.00111. The molecule has 3 aromatic rings.